The molecule has 39 heavy (non-hydrogen) atoms. The fourth-order valence-electron chi connectivity index (χ4n) is 5.78. The van der Waals surface area contributed by atoms with Gasteiger partial charge in [-0.25, -0.2) is 0 Å². The summed E-state index contributed by atoms with van der Waals surface area (Å²) in [6.45, 7) is 9.04. The van der Waals surface area contributed by atoms with Gasteiger partial charge in [-0.2, -0.15) is 0 Å². The molecule has 0 N–H and O–H groups in total. The molecule has 1 aliphatic heterocycles. The van der Waals surface area contributed by atoms with Crippen molar-refractivity contribution in [3.63, 3.8) is 0 Å². The number of rotatable bonds is 3. The van der Waals surface area contributed by atoms with Crippen molar-refractivity contribution in [2.24, 2.45) is 4.99 Å². The zero-order chi connectivity index (χ0) is 26.8. The summed E-state index contributed by atoms with van der Waals surface area (Å²) in [5.74, 6) is 0. The van der Waals surface area contributed by atoms with Crippen molar-refractivity contribution in [2.75, 3.05) is 0 Å². The molecule has 1 aliphatic rings. The van der Waals surface area contributed by atoms with E-state index in [0.717, 1.165) is 5.04 Å². The number of nitrogens with zero attached hydrogens (tertiary/aromatic N) is 1. The highest BCUT2D eigenvalue weighted by Gasteiger charge is 2.44. The summed E-state index contributed by atoms with van der Waals surface area (Å²) >= 11 is 1.88. The molecule has 0 atom stereocenters. The van der Waals surface area contributed by atoms with Crippen LogP contribution in [0.25, 0.3) is 54.6 Å². The third-order valence-electron chi connectivity index (χ3n) is 8.60. The van der Waals surface area contributed by atoms with Crippen LogP contribution in [0, 0.1) is 0 Å². The molecule has 0 saturated heterocycles. The minimum Gasteiger partial charge on any atom is -0.270 e. The van der Waals surface area contributed by atoms with Crippen LogP contribution in [0.4, 0.5) is 0 Å². The van der Waals surface area contributed by atoms with Crippen LogP contribution in [0.1, 0.15) is 33.3 Å². The average molecular weight is 522 g/mol. The molecule has 0 amide bonds. The molecule has 0 bridgehead atoms. The Morgan fingerprint density at radius 2 is 0.949 bits per heavy atom. The third kappa shape index (κ3) is 3.89. The SMILES string of the molecule is CC1(C)N=C(c2ccc(-c3c4ccccc4c(-c4ccc5ccccc5c4)c4ccccc34)cc2)SC1(C)C. The summed E-state index contributed by atoms with van der Waals surface area (Å²) in [4.78, 5) is 5.09. The van der Waals surface area contributed by atoms with E-state index in [1.165, 1.54) is 60.1 Å². The fourth-order valence-corrected chi connectivity index (χ4v) is 7.08. The zero-order valence-corrected chi connectivity index (χ0v) is 23.6. The Kier molecular flexibility index (Phi) is 5.47. The van der Waals surface area contributed by atoms with Gasteiger partial charge in [0.1, 0.15) is 0 Å². The van der Waals surface area contributed by atoms with E-state index >= 15 is 0 Å². The lowest BCUT2D eigenvalue weighted by molar-refractivity contribution is 0.426. The predicted octanol–water partition coefficient (Wildman–Crippen LogP) is 10.5. The lowest BCUT2D eigenvalue weighted by atomic mass is 9.85. The lowest BCUT2D eigenvalue weighted by Gasteiger charge is -2.30. The number of thioether (sulfide) groups is 1. The van der Waals surface area contributed by atoms with E-state index in [0.29, 0.717) is 0 Å². The van der Waals surface area contributed by atoms with E-state index in [2.05, 4.69) is 143 Å². The molecule has 0 saturated carbocycles. The van der Waals surface area contributed by atoms with E-state index in [1.807, 2.05) is 11.8 Å². The second kappa shape index (κ2) is 8.83. The van der Waals surface area contributed by atoms with Crippen LogP contribution < -0.4 is 0 Å². The Hall–Kier alpha value is -3.88. The molecule has 1 heterocycles. The van der Waals surface area contributed by atoms with E-state index in [1.54, 1.807) is 0 Å². The number of fused-ring (bicyclic) bond motifs is 3. The summed E-state index contributed by atoms with van der Waals surface area (Å²) in [5, 5.41) is 8.79. The van der Waals surface area contributed by atoms with Gasteiger partial charge in [0.15, 0.2) is 0 Å². The minimum atomic E-state index is -0.0866. The Bertz CT molecular complexity index is 1870. The first-order chi connectivity index (χ1) is 18.8. The van der Waals surface area contributed by atoms with Crippen LogP contribution >= 0.6 is 11.8 Å². The van der Waals surface area contributed by atoms with Crippen molar-refractivity contribution in [3.05, 3.63) is 121 Å². The molecule has 2 heteroatoms. The van der Waals surface area contributed by atoms with E-state index in [9.17, 15) is 0 Å². The summed E-state index contributed by atoms with van der Waals surface area (Å²) in [7, 11) is 0. The van der Waals surface area contributed by atoms with Crippen LogP contribution in [0.2, 0.25) is 0 Å². The quantitative estimate of drug-likeness (QED) is 0.211. The molecule has 1 nitrogen and oxygen atoms in total. The molecule has 0 unspecified atom stereocenters. The normalized spacial score (nSPS) is 16.2. The molecule has 7 rings (SSSR count). The van der Waals surface area contributed by atoms with Crippen LogP contribution in [0.3, 0.4) is 0 Å². The molecule has 0 radical (unpaired) electrons. The smallest absolute Gasteiger partial charge is 0.0990 e. The van der Waals surface area contributed by atoms with Gasteiger partial charge in [-0.15, -0.1) is 0 Å². The Morgan fingerprint density at radius 1 is 0.487 bits per heavy atom. The number of benzene rings is 6. The monoisotopic (exact) mass is 521 g/mol. The van der Waals surface area contributed by atoms with Gasteiger partial charge in [0.25, 0.3) is 0 Å². The van der Waals surface area contributed by atoms with E-state index < -0.39 is 0 Å². The highest BCUT2D eigenvalue weighted by atomic mass is 32.2. The Morgan fingerprint density at radius 3 is 1.49 bits per heavy atom. The molecule has 0 aliphatic carbocycles. The molecular weight excluding hydrogens is 490 g/mol. The number of hydrogen-bond donors (Lipinski definition) is 0. The van der Waals surface area contributed by atoms with Gasteiger partial charge in [0, 0.05) is 10.3 Å². The third-order valence-corrected chi connectivity index (χ3v) is 10.1. The van der Waals surface area contributed by atoms with Gasteiger partial charge in [-0.3, -0.25) is 4.99 Å². The molecule has 0 aromatic heterocycles. The van der Waals surface area contributed by atoms with Crippen LogP contribution in [-0.2, 0) is 0 Å². The highest BCUT2D eigenvalue weighted by Crippen LogP contribution is 2.47. The van der Waals surface area contributed by atoms with Gasteiger partial charge in [-0.1, -0.05) is 121 Å². The maximum Gasteiger partial charge on any atom is 0.0990 e. The number of hydrogen-bond acceptors (Lipinski definition) is 2. The summed E-state index contributed by atoms with van der Waals surface area (Å²) < 4.78 is 0.0754. The van der Waals surface area contributed by atoms with Crippen molar-refractivity contribution in [1.29, 1.82) is 0 Å². The van der Waals surface area contributed by atoms with Gasteiger partial charge in [-0.05, 0) is 88.3 Å². The first-order valence-electron chi connectivity index (χ1n) is 13.6. The van der Waals surface area contributed by atoms with Gasteiger partial charge >= 0.3 is 0 Å². The van der Waals surface area contributed by atoms with Crippen LogP contribution in [-0.4, -0.2) is 15.3 Å². The molecule has 6 aromatic rings. The number of aliphatic imine (C=N–C) groups is 1. The van der Waals surface area contributed by atoms with Crippen molar-refractivity contribution in [1.82, 2.24) is 0 Å². The molecule has 6 aromatic carbocycles. The first kappa shape index (κ1) is 24.2. The second-order valence-electron chi connectivity index (χ2n) is 11.6. The minimum absolute atomic E-state index is 0.0754. The standard InChI is InChI=1S/C37H31NS/c1-36(2)37(3,4)39-35(38-36)26-20-18-25(19-21-26)33-29-13-7-9-15-31(29)34(32-16-10-8-14-30(32)33)28-22-17-24-11-5-6-12-27(24)23-28/h5-23H,1-4H3. The Labute approximate surface area is 234 Å². The van der Waals surface area contributed by atoms with Crippen molar-refractivity contribution >= 4 is 49.1 Å². The van der Waals surface area contributed by atoms with E-state index in [4.69, 9.17) is 4.99 Å². The van der Waals surface area contributed by atoms with E-state index in [-0.39, 0.29) is 10.3 Å². The summed E-state index contributed by atoms with van der Waals surface area (Å²) in [5.41, 5.74) is 6.19. The van der Waals surface area contributed by atoms with Crippen LogP contribution in [0.15, 0.2) is 120 Å². The highest BCUT2D eigenvalue weighted by molar-refractivity contribution is 8.15. The first-order valence-corrected chi connectivity index (χ1v) is 14.5. The fraction of sp³-hybridized carbons (Fsp3) is 0.162. The Balaban J connectivity index is 1.43. The molecule has 190 valence electrons. The molecular formula is C37H31NS. The topological polar surface area (TPSA) is 12.4 Å². The predicted molar refractivity (Wildman–Crippen MR) is 172 cm³/mol. The average Bonchev–Trinajstić information content (AvgIpc) is 3.17. The summed E-state index contributed by atoms with van der Waals surface area (Å²) in [6.07, 6.45) is 0. The van der Waals surface area contributed by atoms with Crippen molar-refractivity contribution in [3.8, 4) is 22.3 Å². The second-order valence-corrected chi connectivity index (χ2v) is 13.2. The maximum absolute atomic E-state index is 5.09. The molecule has 0 spiro atoms. The maximum atomic E-state index is 5.09. The largest absolute Gasteiger partial charge is 0.270 e. The van der Waals surface area contributed by atoms with Crippen molar-refractivity contribution in [2.45, 2.75) is 38.0 Å². The molecule has 0 fully saturated rings. The summed E-state index contributed by atoms with van der Waals surface area (Å²) in [6, 6.07) is 42.3. The lowest BCUT2D eigenvalue weighted by Crippen LogP contribution is -2.36. The van der Waals surface area contributed by atoms with Gasteiger partial charge in [0.2, 0.25) is 0 Å². The van der Waals surface area contributed by atoms with Crippen molar-refractivity contribution < 1.29 is 0 Å². The zero-order valence-electron chi connectivity index (χ0n) is 22.8. The van der Waals surface area contributed by atoms with Crippen LogP contribution in [0.5, 0.6) is 0 Å². The van der Waals surface area contributed by atoms with Gasteiger partial charge in [0.05, 0.1) is 10.6 Å². The van der Waals surface area contributed by atoms with Gasteiger partial charge < -0.3 is 0 Å².